The van der Waals surface area contributed by atoms with Crippen molar-refractivity contribution in [2.24, 2.45) is 5.14 Å². The van der Waals surface area contributed by atoms with Crippen molar-refractivity contribution in [1.29, 1.82) is 0 Å². The Balaban J connectivity index is 1.47. The first kappa shape index (κ1) is 23.6. The number of hydrogen-bond acceptors (Lipinski definition) is 8. The van der Waals surface area contributed by atoms with Gasteiger partial charge in [-0.3, -0.25) is 9.89 Å². The Morgan fingerprint density at radius 1 is 0.944 bits per heavy atom. The van der Waals surface area contributed by atoms with Gasteiger partial charge >= 0.3 is 0 Å². The van der Waals surface area contributed by atoms with E-state index in [9.17, 15) is 13.2 Å². The Hall–Kier alpha value is -4.13. The molecule has 0 aliphatic rings. The molecule has 0 fully saturated rings. The molecule has 36 heavy (non-hydrogen) atoms. The van der Waals surface area contributed by atoms with E-state index in [1.54, 1.807) is 28.9 Å². The van der Waals surface area contributed by atoms with Crippen molar-refractivity contribution in [3.8, 4) is 28.5 Å². The Morgan fingerprint density at radius 3 is 2.28 bits per heavy atom. The number of carbonyl (C=O) groups excluding carboxylic acids is 1. The Bertz CT molecular complexity index is 1620. The molecule has 0 spiro atoms. The number of Topliss-reactive ketones (excluding diaryl/α,β-unsaturated/α-hetero) is 1. The molecule has 0 unspecified atom stereocenters. The molecule has 0 saturated heterocycles. The van der Waals surface area contributed by atoms with E-state index >= 15 is 0 Å². The van der Waals surface area contributed by atoms with Crippen molar-refractivity contribution in [3.05, 3.63) is 90.5 Å². The smallest absolute Gasteiger partial charge is 0.238 e. The van der Waals surface area contributed by atoms with Gasteiger partial charge in [0.25, 0.3) is 0 Å². The highest BCUT2D eigenvalue weighted by molar-refractivity contribution is 7.99. The van der Waals surface area contributed by atoms with Crippen molar-refractivity contribution in [2.45, 2.75) is 10.1 Å². The molecule has 5 aromatic rings. The molecule has 0 radical (unpaired) electrons. The van der Waals surface area contributed by atoms with Gasteiger partial charge in [-0.25, -0.2) is 18.2 Å². The number of ketones is 1. The molecule has 2 aromatic heterocycles. The van der Waals surface area contributed by atoms with Gasteiger partial charge in [0.15, 0.2) is 17.3 Å². The van der Waals surface area contributed by atoms with Crippen LogP contribution in [-0.2, 0) is 10.0 Å². The lowest BCUT2D eigenvalue weighted by molar-refractivity contribution is 0.102. The summed E-state index contributed by atoms with van der Waals surface area (Å²) in [5.41, 5.74) is 3.11. The predicted molar refractivity (Wildman–Crippen MR) is 135 cm³/mol. The minimum atomic E-state index is -3.82. The van der Waals surface area contributed by atoms with Crippen LogP contribution in [0.4, 0.5) is 0 Å². The number of rotatable bonds is 8. The molecular weight excluding hydrogens is 498 g/mol. The van der Waals surface area contributed by atoms with E-state index in [4.69, 9.17) is 5.14 Å². The number of nitrogens with one attached hydrogen (secondary N) is 1. The first-order chi connectivity index (χ1) is 17.4. The highest BCUT2D eigenvalue weighted by atomic mass is 32.2. The Morgan fingerprint density at radius 2 is 1.61 bits per heavy atom. The summed E-state index contributed by atoms with van der Waals surface area (Å²) in [6, 6.07) is 24.5. The third-order valence-electron chi connectivity index (χ3n) is 5.24. The number of hydrogen-bond donors (Lipinski definition) is 2. The molecule has 180 valence electrons. The molecule has 2 heterocycles. The van der Waals surface area contributed by atoms with Crippen LogP contribution in [0.1, 0.15) is 10.4 Å². The molecule has 0 bridgehead atoms. The van der Waals surface area contributed by atoms with Crippen molar-refractivity contribution in [3.63, 3.8) is 0 Å². The SMILES string of the molecule is NS(=O)(=O)c1ccc(-n2nnc(-c3nc(SCC(=O)c4ccccc4)n[nH]3)c2-c2ccccc2)cc1. The zero-order valence-electron chi connectivity index (χ0n) is 18.6. The third kappa shape index (κ3) is 4.96. The maximum atomic E-state index is 12.4. The molecule has 12 heteroatoms. The number of thioether (sulfide) groups is 1. The second kappa shape index (κ2) is 9.85. The lowest BCUT2D eigenvalue weighted by Gasteiger charge is -2.08. The second-order valence-electron chi connectivity index (χ2n) is 7.65. The van der Waals surface area contributed by atoms with Crippen molar-refractivity contribution < 1.29 is 13.2 Å². The monoisotopic (exact) mass is 517 g/mol. The molecule has 0 saturated carbocycles. The van der Waals surface area contributed by atoms with Crippen LogP contribution in [0.2, 0.25) is 0 Å². The van der Waals surface area contributed by atoms with Crippen LogP contribution in [0.25, 0.3) is 28.5 Å². The number of sulfonamides is 1. The summed E-state index contributed by atoms with van der Waals surface area (Å²) in [6.45, 7) is 0. The first-order valence-electron chi connectivity index (χ1n) is 10.7. The van der Waals surface area contributed by atoms with Gasteiger partial charge in [-0.2, -0.15) is 4.98 Å². The quantitative estimate of drug-likeness (QED) is 0.235. The summed E-state index contributed by atoms with van der Waals surface area (Å²) >= 11 is 1.22. The van der Waals surface area contributed by atoms with Crippen LogP contribution in [-0.4, -0.2) is 50.1 Å². The van der Waals surface area contributed by atoms with E-state index in [0.717, 1.165) is 5.56 Å². The van der Waals surface area contributed by atoms with E-state index < -0.39 is 10.0 Å². The number of aromatic amines is 1. The molecular formula is C24H19N7O3S2. The maximum absolute atomic E-state index is 12.4. The highest BCUT2D eigenvalue weighted by Crippen LogP contribution is 2.31. The van der Waals surface area contributed by atoms with Crippen LogP contribution in [0.15, 0.2) is 95.0 Å². The van der Waals surface area contributed by atoms with E-state index in [-0.39, 0.29) is 16.4 Å². The van der Waals surface area contributed by atoms with Gasteiger partial charge in [0.2, 0.25) is 15.2 Å². The van der Waals surface area contributed by atoms with E-state index in [1.165, 1.54) is 23.9 Å². The van der Waals surface area contributed by atoms with E-state index in [2.05, 4.69) is 25.5 Å². The lowest BCUT2D eigenvalue weighted by atomic mass is 10.1. The fourth-order valence-electron chi connectivity index (χ4n) is 3.51. The summed E-state index contributed by atoms with van der Waals surface area (Å²) in [5.74, 6) is 0.553. The zero-order chi connectivity index (χ0) is 25.1. The van der Waals surface area contributed by atoms with E-state index in [1.807, 2.05) is 48.5 Å². The number of nitrogens with zero attached hydrogens (tertiary/aromatic N) is 5. The second-order valence-corrected chi connectivity index (χ2v) is 10.2. The van der Waals surface area contributed by atoms with Gasteiger partial charge < -0.3 is 0 Å². The average Bonchev–Trinajstić information content (AvgIpc) is 3.55. The normalized spacial score (nSPS) is 11.5. The van der Waals surface area contributed by atoms with Gasteiger partial charge in [0.1, 0.15) is 5.69 Å². The highest BCUT2D eigenvalue weighted by Gasteiger charge is 2.21. The van der Waals surface area contributed by atoms with Crippen molar-refractivity contribution in [1.82, 2.24) is 30.2 Å². The van der Waals surface area contributed by atoms with Crippen LogP contribution in [0, 0.1) is 0 Å². The van der Waals surface area contributed by atoms with Crippen LogP contribution >= 0.6 is 11.8 Å². The topological polar surface area (TPSA) is 150 Å². The number of aromatic nitrogens is 6. The van der Waals surface area contributed by atoms with Gasteiger partial charge in [0.05, 0.1) is 16.3 Å². The van der Waals surface area contributed by atoms with Crippen molar-refractivity contribution >= 4 is 27.6 Å². The Kier molecular flexibility index (Phi) is 6.46. The summed E-state index contributed by atoms with van der Waals surface area (Å²) in [7, 11) is -3.82. The number of H-pyrrole nitrogens is 1. The first-order valence-corrected chi connectivity index (χ1v) is 13.2. The largest absolute Gasteiger partial charge is 0.293 e. The van der Waals surface area contributed by atoms with Crippen LogP contribution in [0.3, 0.4) is 0 Å². The molecule has 0 amide bonds. The van der Waals surface area contributed by atoms with Crippen LogP contribution < -0.4 is 5.14 Å². The van der Waals surface area contributed by atoms with Gasteiger partial charge in [-0.05, 0) is 24.3 Å². The fraction of sp³-hybridized carbons (Fsp3) is 0.0417. The van der Waals surface area contributed by atoms with Crippen molar-refractivity contribution in [2.75, 3.05) is 5.75 Å². The minimum Gasteiger partial charge on any atom is -0.293 e. The van der Waals surface area contributed by atoms with E-state index in [0.29, 0.717) is 33.6 Å². The number of nitrogens with two attached hydrogens (primary N) is 1. The summed E-state index contributed by atoms with van der Waals surface area (Å²) in [5, 5.41) is 21.4. The summed E-state index contributed by atoms with van der Waals surface area (Å²) in [4.78, 5) is 16.9. The maximum Gasteiger partial charge on any atom is 0.238 e. The standard InChI is InChI=1S/C24H19N7O3S2/c25-36(33,34)19-13-11-18(12-14-19)31-22(17-9-5-2-6-10-17)21(27-30-31)23-26-24(29-28-23)35-15-20(32)16-7-3-1-4-8-16/h1-14H,15H2,(H2,25,33,34)(H,26,28,29). The Labute approximate surface area is 210 Å². The molecule has 0 aliphatic heterocycles. The molecule has 0 aliphatic carbocycles. The summed E-state index contributed by atoms with van der Waals surface area (Å²) in [6.07, 6.45) is 0. The third-order valence-corrected chi connectivity index (χ3v) is 7.02. The molecule has 3 aromatic carbocycles. The zero-order valence-corrected chi connectivity index (χ0v) is 20.3. The van der Waals surface area contributed by atoms with Gasteiger partial charge in [-0.1, -0.05) is 77.6 Å². The predicted octanol–water partition coefficient (Wildman–Crippen LogP) is 3.34. The molecule has 0 atom stereocenters. The number of primary sulfonamides is 1. The van der Waals surface area contributed by atoms with Gasteiger partial charge in [-0.15, -0.1) is 10.2 Å². The number of carbonyl (C=O) groups is 1. The average molecular weight is 518 g/mol. The van der Waals surface area contributed by atoms with Gasteiger partial charge in [0, 0.05) is 11.1 Å². The van der Waals surface area contributed by atoms with Crippen LogP contribution in [0.5, 0.6) is 0 Å². The number of benzene rings is 3. The lowest BCUT2D eigenvalue weighted by Crippen LogP contribution is -2.12. The fourth-order valence-corrected chi connectivity index (χ4v) is 4.72. The molecule has 3 N–H and O–H groups in total. The molecule has 5 rings (SSSR count). The summed E-state index contributed by atoms with van der Waals surface area (Å²) < 4.78 is 24.9. The molecule has 10 nitrogen and oxygen atoms in total. The minimum absolute atomic E-state index is 0.00481.